The molecule has 0 bridgehead atoms. The Kier molecular flexibility index (Phi) is 39.0. The first-order valence-corrected chi connectivity index (χ1v) is 35.0. The van der Waals surface area contributed by atoms with E-state index in [4.69, 9.17) is 9.47 Å². The lowest BCUT2D eigenvalue weighted by molar-refractivity contribution is -0.163. The van der Waals surface area contributed by atoms with E-state index in [0.717, 1.165) is 4.90 Å². The molecule has 0 saturated carbocycles. The van der Waals surface area contributed by atoms with Gasteiger partial charge in [-0.05, 0) is 80.5 Å². The zero-order valence-electron chi connectivity index (χ0n) is 63.0. The molecule has 1 heterocycles. The van der Waals surface area contributed by atoms with Crippen LogP contribution >= 0.6 is 0 Å². The maximum atomic E-state index is 14.8. The first-order chi connectivity index (χ1) is 45.6. The molecular formula is C69H123N13O16. The van der Waals surface area contributed by atoms with E-state index in [1.54, 1.807) is 55.4 Å². The number of carbonyl (C=O) groups excluding carboxylic acids is 14. The molecule has 13 amide bonds. The van der Waals surface area contributed by atoms with E-state index in [2.05, 4.69) is 47.9 Å². The molecule has 0 aromatic rings. The summed E-state index contributed by atoms with van der Waals surface area (Å²) in [5.41, 5.74) is 0. The van der Waals surface area contributed by atoms with E-state index in [1.807, 2.05) is 55.4 Å². The Morgan fingerprint density at radius 3 is 1.51 bits per heavy atom. The first-order valence-electron chi connectivity index (χ1n) is 35.0. The molecule has 560 valence electrons. The van der Waals surface area contributed by atoms with Crippen molar-refractivity contribution in [3.05, 3.63) is 0 Å². The van der Waals surface area contributed by atoms with E-state index >= 15 is 0 Å². The van der Waals surface area contributed by atoms with Gasteiger partial charge in [0.15, 0.2) is 0 Å². The van der Waals surface area contributed by atoms with Crippen LogP contribution < -0.4 is 47.9 Å². The molecule has 1 saturated heterocycles. The highest BCUT2D eigenvalue weighted by Crippen LogP contribution is 2.23. The van der Waals surface area contributed by atoms with Crippen molar-refractivity contribution in [1.29, 1.82) is 0 Å². The van der Waals surface area contributed by atoms with Crippen molar-refractivity contribution in [3.63, 3.8) is 0 Å². The Balaban J connectivity index is 4.15. The van der Waals surface area contributed by atoms with Gasteiger partial charge in [-0.1, -0.05) is 130 Å². The highest BCUT2D eigenvalue weighted by atomic mass is 16.5. The van der Waals surface area contributed by atoms with Crippen LogP contribution in [0.5, 0.6) is 0 Å². The van der Waals surface area contributed by atoms with Crippen LogP contribution in [0.4, 0.5) is 0 Å². The largest absolute Gasteiger partial charge is 0.458 e. The molecule has 1 fully saturated rings. The third-order valence-corrected chi connectivity index (χ3v) is 17.9. The molecule has 0 aromatic heterocycles. The predicted molar refractivity (Wildman–Crippen MR) is 370 cm³/mol. The van der Waals surface area contributed by atoms with E-state index in [9.17, 15) is 67.1 Å². The van der Waals surface area contributed by atoms with Gasteiger partial charge < -0.3 is 76.9 Å². The van der Waals surface area contributed by atoms with Crippen molar-refractivity contribution < 1.29 is 76.6 Å². The smallest absolute Gasteiger partial charge is 0.329 e. The molecule has 0 aliphatic carbocycles. The SMILES string of the molecule is CC[C@H](C)[C@H]1C(=O)N(C)CCC(=O)N[C@H]([C@@H](C)CC)C(=O)N[C@H](C(C)C)C(=O)N[C@@H](C)C(=O)NCCC(=O)N[C@H](CC(C)C)C(=O)N(C)[C@H]([C@@H](C)CC)C(=O)O[C@H](C)[C@H](NC(=O)[C@@H](CC(C)C)N(C)C(=O)[C@@H](NC(=O)COC)C(C)C)C(=O)NCCC(=O)N[C@H](CC(C)C)C(=O)N1C. The van der Waals surface area contributed by atoms with Crippen LogP contribution in [-0.2, 0) is 76.6 Å². The minimum Gasteiger partial charge on any atom is -0.458 e. The molecular weight excluding hydrogens is 1270 g/mol. The maximum absolute atomic E-state index is 14.8. The van der Waals surface area contributed by atoms with Crippen LogP contribution in [-0.4, -0.2) is 230 Å². The van der Waals surface area contributed by atoms with Crippen molar-refractivity contribution in [2.45, 2.75) is 249 Å². The van der Waals surface area contributed by atoms with Gasteiger partial charge >= 0.3 is 5.97 Å². The van der Waals surface area contributed by atoms with Gasteiger partial charge in [-0.25, -0.2) is 4.79 Å². The van der Waals surface area contributed by atoms with Crippen molar-refractivity contribution in [2.24, 2.45) is 47.3 Å². The Hall–Kier alpha value is -7.46. The zero-order valence-corrected chi connectivity index (χ0v) is 63.0. The average Bonchev–Trinajstić information content (AvgIpc) is 0.834. The molecule has 29 nitrogen and oxygen atoms in total. The molecule has 1 rings (SSSR count). The Bertz CT molecular complexity index is 2690. The fraction of sp³-hybridized carbons (Fsp3) is 0.797. The van der Waals surface area contributed by atoms with Gasteiger partial charge in [-0.2, -0.15) is 0 Å². The predicted octanol–water partition coefficient (Wildman–Crippen LogP) is 1.92. The summed E-state index contributed by atoms with van der Waals surface area (Å²) in [5, 5.41) is 24.4. The van der Waals surface area contributed by atoms with Crippen LogP contribution in [0.25, 0.3) is 0 Å². The average molecular weight is 1390 g/mol. The molecule has 14 atom stereocenters. The monoisotopic (exact) mass is 1390 g/mol. The highest BCUT2D eigenvalue weighted by Gasteiger charge is 2.43. The molecule has 1 aliphatic heterocycles. The zero-order chi connectivity index (χ0) is 75.3. The molecule has 0 unspecified atom stereocenters. The Morgan fingerprint density at radius 2 is 1.05 bits per heavy atom. The highest BCUT2D eigenvalue weighted by molar-refractivity contribution is 5.97. The molecule has 29 heteroatoms. The van der Waals surface area contributed by atoms with E-state index in [-0.39, 0.29) is 76.1 Å². The number of hydrogen-bond donors (Lipinski definition) is 9. The second-order valence-corrected chi connectivity index (χ2v) is 28.5. The summed E-state index contributed by atoms with van der Waals surface area (Å²) in [6.45, 7) is 30.2. The minimum absolute atomic E-state index is 0.0609. The third-order valence-electron chi connectivity index (χ3n) is 17.9. The van der Waals surface area contributed by atoms with Crippen molar-refractivity contribution in [2.75, 3.05) is 61.5 Å². The molecule has 0 spiro atoms. The second-order valence-electron chi connectivity index (χ2n) is 28.5. The molecule has 9 N–H and O–H groups in total. The van der Waals surface area contributed by atoms with Gasteiger partial charge in [0.1, 0.15) is 73.1 Å². The number of likely N-dealkylation sites (N-methyl/N-ethyl adjacent to an activating group) is 4. The number of rotatable bonds is 21. The lowest BCUT2D eigenvalue weighted by atomic mass is 9.94. The van der Waals surface area contributed by atoms with Gasteiger partial charge in [0.05, 0.1) is 0 Å². The van der Waals surface area contributed by atoms with Gasteiger partial charge in [0, 0.05) is 74.2 Å². The summed E-state index contributed by atoms with van der Waals surface area (Å²) < 4.78 is 11.1. The van der Waals surface area contributed by atoms with Crippen LogP contribution in [0, 0.1) is 47.3 Å². The molecule has 0 radical (unpaired) electrons. The minimum atomic E-state index is -1.73. The number of esters is 1. The topological polar surface area (TPSA) is 379 Å². The summed E-state index contributed by atoms with van der Waals surface area (Å²) >= 11 is 0. The second kappa shape index (κ2) is 43.2. The number of hydrogen-bond acceptors (Lipinski definition) is 16. The summed E-state index contributed by atoms with van der Waals surface area (Å²) in [4.78, 5) is 203. The summed E-state index contributed by atoms with van der Waals surface area (Å²) in [7, 11) is 7.03. The quantitative estimate of drug-likeness (QED) is 0.0742. The molecule has 98 heavy (non-hydrogen) atoms. The van der Waals surface area contributed by atoms with Gasteiger partial charge in [-0.15, -0.1) is 0 Å². The van der Waals surface area contributed by atoms with Crippen molar-refractivity contribution in [1.82, 2.24) is 67.5 Å². The third kappa shape index (κ3) is 28.4. The van der Waals surface area contributed by atoms with E-state index in [0.29, 0.717) is 19.3 Å². The normalized spacial score (nSPS) is 24.8. The van der Waals surface area contributed by atoms with Gasteiger partial charge in [0.2, 0.25) is 76.8 Å². The number of cyclic esters (lactones) is 1. The first kappa shape index (κ1) is 88.6. The van der Waals surface area contributed by atoms with Crippen LogP contribution in [0.3, 0.4) is 0 Å². The van der Waals surface area contributed by atoms with Gasteiger partial charge in [0.25, 0.3) is 0 Å². The lowest BCUT2D eigenvalue weighted by Gasteiger charge is -2.36. The molecule has 1 aliphatic rings. The lowest BCUT2D eigenvalue weighted by Crippen LogP contribution is -2.61. The number of ether oxygens (including phenoxy) is 2. The number of nitrogens with one attached hydrogen (secondary N) is 9. The van der Waals surface area contributed by atoms with Crippen LogP contribution in [0.1, 0.15) is 182 Å². The summed E-state index contributed by atoms with van der Waals surface area (Å²) in [6.07, 6.45) is -0.971. The van der Waals surface area contributed by atoms with Crippen molar-refractivity contribution >= 4 is 82.8 Å². The number of nitrogens with zero attached hydrogens (tertiary/aromatic N) is 4. The van der Waals surface area contributed by atoms with Crippen LogP contribution in [0.2, 0.25) is 0 Å². The maximum Gasteiger partial charge on any atom is 0.329 e. The number of amides is 13. The summed E-state index contributed by atoms with van der Waals surface area (Å²) in [5.74, 6) is -12.6. The number of carbonyl (C=O) groups is 14. The number of methoxy groups -OCH3 is 1. The Morgan fingerprint density at radius 1 is 0.582 bits per heavy atom. The van der Waals surface area contributed by atoms with Crippen molar-refractivity contribution in [3.8, 4) is 0 Å². The molecule has 0 aromatic carbocycles. The fourth-order valence-electron chi connectivity index (χ4n) is 11.3. The fourth-order valence-corrected chi connectivity index (χ4v) is 11.3. The van der Waals surface area contributed by atoms with E-state index < -0.39 is 185 Å². The summed E-state index contributed by atoms with van der Waals surface area (Å²) in [6, 6.07) is -12.3. The Labute approximate surface area is 582 Å². The van der Waals surface area contributed by atoms with Crippen LogP contribution in [0.15, 0.2) is 0 Å². The van der Waals surface area contributed by atoms with E-state index in [1.165, 1.54) is 63.8 Å². The van der Waals surface area contributed by atoms with Gasteiger partial charge in [-0.3, -0.25) is 62.3 Å². The standard InChI is InChI=1S/C69H123N13O16/c1-24-42(14)56-64(91)77-54(40(10)11)63(90)72-45(17)60(87)70-30-27-50(83)74-48(34-38(6)7)66(93)82(22)59(44(16)26-3)69(96)98-46(18)57(78-61(88)49(35-39(8)9)80(20)67(94)55(41(12)13)76-53(86)36-97-23)62(89)71-31-28-51(84)73-47(33-37(4)5)65(92)81(21)58(43(15)25-2)68(95)79(19)32-29-52(85)75-56/h37-49,54-59H,24-36H2,1-23H3,(H,70,87)(H,71,89)(H,72,90)(H,73,84)(H,74,83)(H,75,85)(H,76,86)(H,77,91)(H,78,88)/t42-,43-,44-,45-,46+,47+,48+,49+,54+,55-,56+,57-,58-,59+/m0/s1.